The number of rotatable bonds is 4. The van der Waals surface area contributed by atoms with Crippen LogP contribution >= 0.6 is 0 Å². The van der Waals surface area contributed by atoms with Gasteiger partial charge in [-0.25, -0.2) is 18.7 Å². The largest absolute Gasteiger partial charge is 0.319 e. The van der Waals surface area contributed by atoms with Gasteiger partial charge in [-0.05, 0) is 35.9 Å². The number of hydrogen-bond acceptors (Lipinski definition) is 5. The van der Waals surface area contributed by atoms with E-state index < -0.39 is 17.2 Å². The molecule has 6 nitrogen and oxygen atoms in total. The molecule has 1 aromatic carbocycles. The Kier molecular flexibility index (Phi) is 4.29. The Morgan fingerprint density at radius 1 is 1.04 bits per heavy atom. The minimum absolute atomic E-state index is 0.168. The fourth-order valence-corrected chi connectivity index (χ4v) is 2.86. The zero-order valence-corrected chi connectivity index (χ0v) is 13.9. The van der Waals surface area contributed by atoms with E-state index in [4.69, 9.17) is 0 Å². The van der Waals surface area contributed by atoms with Crippen LogP contribution in [-0.4, -0.2) is 19.9 Å². The Morgan fingerprint density at radius 2 is 1.85 bits per heavy atom. The van der Waals surface area contributed by atoms with Crippen LogP contribution in [-0.2, 0) is 6.54 Å². The molecule has 4 aromatic rings. The molecule has 4 rings (SSSR count). The molecule has 0 fully saturated rings. The highest BCUT2D eigenvalue weighted by atomic mass is 19.2. The van der Waals surface area contributed by atoms with E-state index in [0.717, 1.165) is 6.07 Å². The number of H-pyrrole nitrogens is 1. The van der Waals surface area contributed by atoms with Gasteiger partial charge in [-0.15, -0.1) is 0 Å². The summed E-state index contributed by atoms with van der Waals surface area (Å²) in [6.07, 6.45) is 6.45. The van der Waals surface area contributed by atoms with Crippen molar-refractivity contribution in [3.63, 3.8) is 0 Å². The van der Waals surface area contributed by atoms with Crippen LogP contribution in [0.4, 0.5) is 20.4 Å². The molecule has 0 aliphatic carbocycles. The summed E-state index contributed by atoms with van der Waals surface area (Å²) < 4.78 is 27.7. The van der Waals surface area contributed by atoms with Crippen molar-refractivity contribution < 1.29 is 8.78 Å². The first-order valence-electron chi connectivity index (χ1n) is 8.08. The summed E-state index contributed by atoms with van der Waals surface area (Å²) in [5, 5.41) is 0.401. The first-order valence-corrected chi connectivity index (χ1v) is 8.08. The number of hydrogen-bond donors (Lipinski definition) is 1. The van der Waals surface area contributed by atoms with Gasteiger partial charge in [0.05, 0.1) is 23.9 Å². The number of halogens is 2. The van der Waals surface area contributed by atoms with E-state index in [1.54, 1.807) is 41.8 Å². The molecule has 1 N–H and O–H groups in total. The highest BCUT2D eigenvalue weighted by Crippen LogP contribution is 2.27. The molecule has 3 heterocycles. The lowest BCUT2D eigenvalue weighted by Gasteiger charge is -2.23. The fraction of sp³-hybridized carbons (Fsp3) is 0.0526. The second-order valence-electron chi connectivity index (χ2n) is 5.79. The van der Waals surface area contributed by atoms with Gasteiger partial charge in [0.1, 0.15) is 0 Å². The third-order valence-corrected chi connectivity index (χ3v) is 4.07. The van der Waals surface area contributed by atoms with Crippen molar-refractivity contribution in [2.45, 2.75) is 6.54 Å². The quantitative estimate of drug-likeness (QED) is 0.600. The van der Waals surface area contributed by atoms with Crippen LogP contribution in [0.3, 0.4) is 0 Å². The molecule has 0 unspecified atom stereocenters. The molecule has 0 bridgehead atoms. The molecule has 134 valence electrons. The molecule has 0 radical (unpaired) electrons. The first-order chi connectivity index (χ1) is 13.1. The van der Waals surface area contributed by atoms with E-state index in [1.165, 1.54) is 12.1 Å². The minimum atomic E-state index is -1.09. The zero-order valence-electron chi connectivity index (χ0n) is 13.9. The van der Waals surface area contributed by atoms with E-state index in [0.29, 0.717) is 22.6 Å². The van der Waals surface area contributed by atoms with Crippen LogP contribution in [0.2, 0.25) is 0 Å². The molecule has 0 aliphatic heterocycles. The van der Waals surface area contributed by atoms with Gasteiger partial charge < -0.3 is 9.88 Å². The van der Waals surface area contributed by atoms with Crippen LogP contribution in [0, 0.1) is 11.6 Å². The summed E-state index contributed by atoms with van der Waals surface area (Å²) in [7, 11) is 0. The number of anilines is 2. The molecule has 0 saturated carbocycles. The van der Waals surface area contributed by atoms with Gasteiger partial charge in [0.25, 0.3) is 0 Å². The molecular formula is C19H13F2N5O. The van der Waals surface area contributed by atoms with Gasteiger partial charge in [-0.3, -0.25) is 9.78 Å². The van der Waals surface area contributed by atoms with Crippen LogP contribution in [0.1, 0.15) is 5.56 Å². The number of pyridine rings is 2. The van der Waals surface area contributed by atoms with E-state index in [-0.39, 0.29) is 12.1 Å². The molecule has 8 heteroatoms. The van der Waals surface area contributed by atoms with Crippen molar-refractivity contribution in [2.75, 3.05) is 4.90 Å². The second-order valence-corrected chi connectivity index (χ2v) is 5.79. The first kappa shape index (κ1) is 16.8. The van der Waals surface area contributed by atoms with Gasteiger partial charge in [0.2, 0.25) is 11.5 Å². The minimum Gasteiger partial charge on any atom is -0.319 e. The predicted octanol–water partition coefficient (Wildman–Crippen LogP) is 3.33. The Morgan fingerprint density at radius 3 is 2.59 bits per heavy atom. The molecular weight excluding hydrogens is 352 g/mol. The Balaban J connectivity index is 1.87. The highest BCUT2D eigenvalue weighted by molar-refractivity contribution is 5.83. The SMILES string of the molecule is O=c1cc(CN(c2cccnc2)c2ncccn2)c2ccc(F)c(F)c2[nH]1. The average molecular weight is 365 g/mol. The maximum Gasteiger partial charge on any atom is 0.248 e. The molecule has 0 spiro atoms. The lowest BCUT2D eigenvalue weighted by Crippen LogP contribution is -2.21. The highest BCUT2D eigenvalue weighted by Gasteiger charge is 2.17. The molecule has 0 saturated heterocycles. The van der Waals surface area contributed by atoms with Gasteiger partial charge in [-0.1, -0.05) is 0 Å². The third-order valence-electron chi connectivity index (χ3n) is 4.07. The summed E-state index contributed by atoms with van der Waals surface area (Å²) in [5.41, 5.74) is 0.503. The van der Waals surface area contributed by atoms with Gasteiger partial charge >= 0.3 is 0 Å². The van der Waals surface area contributed by atoms with Crippen LogP contribution in [0.25, 0.3) is 10.9 Å². The Labute approximate surface area is 152 Å². The fourth-order valence-electron chi connectivity index (χ4n) is 2.86. The molecule has 3 aromatic heterocycles. The van der Waals surface area contributed by atoms with E-state index in [1.807, 2.05) is 6.07 Å². The monoisotopic (exact) mass is 365 g/mol. The zero-order chi connectivity index (χ0) is 18.8. The number of nitrogens with one attached hydrogen (secondary N) is 1. The maximum absolute atomic E-state index is 14.1. The van der Waals surface area contributed by atoms with Gasteiger partial charge in [0, 0.05) is 30.0 Å². The van der Waals surface area contributed by atoms with Gasteiger partial charge in [0.15, 0.2) is 11.6 Å². The average Bonchev–Trinajstić information content (AvgIpc) is 2.70. The number of benzene rings is 1. The van der Waals surface area contributed by atoms with Gasteiger partial charge in [-0.2, -0.15) is 0 Å². The van der Waals surface area contributed by atoms with E-state index >= 15 is 0 Å². The number of aromatic nitrogens is 4. The summed E-state index contributed by atoms with van der Waals surface area (Å²) in [6.45, 7) is 0.168. The summed E-state index contributed by atoms with van der Waals surface area (Å²) in [4.78, 5) is 28.7. The normalized spacial score (nSPS) is 10.9. The number of aromatic amines is 1. The van der Waals surface area contributed by atoms with Crippen LogP contribution < -0.4 is 10.5 Å². The van der Waals surface area contributed by atoms with E-state index in [2.05, 4.69) is 19.9 Å². The lowest BCUT2D eigenvalue weighted by molar-refractivity contribution is 0.515. The van der Waals surface area contributed by atoms with Crippen molar-refractivity contribution in [1.82, 2.24) is 19.9 Å². The smallest absolute Gasteiger partial charge is 0.248 e. The molecule has 27 heavy (non-hydrogen) atoms. The Hall–Kier alpha value is -3.68. The lowest BCUT2D eigenvalue weighted by atomic mass is 10.1. The second kappa shape index (κ2) is 6.91. The summed E-state index contributed by atoms with van der Waals surface area (Å²) in [5.74, 6) is -1.72. The van der Waals surface area contributed by atoms with Crippen molar-refractivity contribution in [3.8, 4) is 0 Å². The van der Waals surface area contributed by atoms with Crippen LogP contribution in [0.5, 0.6) is 0 Å². The third kappa shape index (κ3) is 3.24. The number of nitrogens with zero attached hydrogens (tertiary/aromatic N) is 4. The molecule has 0 amide bonds. The van der Waals surface area contributed by atoms with E-state index in [9.17, 15) is 13.6 Å². The molecule has 0 aliphatic rings. The standard InChI is InChI=1S/C19H13F2N5O/c20-15-5-4-14-12(9-16(27)25-18(14)17(15)21)11-26(13-3-1-6-22-10-13)19-23-7-2-8-24-19/h1-10H,11H2,(H,25,27). The van der Waals surface area contributed by atoms with Crippen molar-refractivity contribution in [1.29, 1.82) is 0 Å². The predicted molar refractivity (Wildman–Crippen MR) is 96.6 cm³/mol. The number of fused-ring (bicyclic) bond motifs is 1. The van der Waals surface area contributed by atoms with Crippen LogP contribution in [0.15, 0.2) is 66.0 Å². The van der Waals surface area contributed by atoms with Crippen molar-refractivity contribution >= 4 is 22.5 Å². The van der Waals surface area contributed by atoms with Crippen molar-refractivity contribution in [2.24, 2.45) is 0 Å². The molecule has 0 atom stereocenters. The summed E-state index contributed by atoms with van der Waals surface area (Å²) in [6, 6.07) is 9.09. The van der Waals surface area contributed by atoms with Crippen molar-refractivity contribution in [3.05, 3.63) is 88.7 Å². The maximum atomic E-state index is 14.1. The topological polar surface area (TPSA) is 74.8 Å². The Bertz CT molecular complexity index is 1110. The summed E-state index contributed by atoms with van der Waals surface area (Å²) >= 11 is 0.